The molecule has 1 aromatic carbocycles. The van der Waals surface area contributed by atoms with E-state index in [-0.39, 0.29) is 0 Å². The minimum Gasteiger partial charge on any atom is -0.497 e. The Kier molecular flexibility index (Phi) is 5.84. The van der Waals surface area contributed by atoms with Crippen LogP contribution in [0.2, 0.25) is 0 Å². The van der Waals surface area contributed by atoms with Gasteiger partial charge in [0.25, 0.3) is 0 Å². The first-order valence-electron chi connectivity index (χ1n) is 6.19. The molecule has 0 atom stereocenters. The lowest BCUT2D eigenvalue weighted by molar-refractivity contribution is 0.387. The lowest BCUT2D eigenvalue weighted by Crippen LogP contribution is -2.27. The molecule has 0 aliphatic carbocycles. The second kappa shape index (κ2) is 7.17. The Morgan fingerprint density at radius 2 is 1.82 bits per heavy atom. The zero-order valence-electron chi connectivity index (χ0n) is 11.2. The highest BCUT2D eigenvalue weighted by Gasteiger charge is 2.07. The summed E-state index contributed by atoms with van der Waals surface area (Å²) >= 11 is 0. The standard InChI is InChI=1S/C14H23NO2/c1-5-12(6-2)15-10-11-7-8-13(16-3)9-14(11)17-4/h7-9,12,15H,5-6,10H2,1-4H3. The molecule has 0 saturated carbocycles. The SMILES string of the molecule is CCC(CC)NCc1ccc(OC)cc1OC. The van der Waals surface area contributed by atoms with Crippen LogP contribution in [0, 0.1) is 0 Å². The first-order valence-corrected chi connectivity index (χ1v) is 6.19. The Morgan fingerprint density at radius 3 is 2.35 bits per heavy atom. The van der Waals surface area contributed by atoms with Crippen LogP contribution in [0.4, 0.5) is 0 Å². The van der Waals surface area contributed by atoms with Gasteiger partial charge in [0.15, 0.2) is 0 Å². The molecule has 1 rings (SSSR count). The van der Waals surface area contributed by atoms with Crippen molar-refractivity contribution in [1.29, 1.82) is 0 Å². The summed E-state index contributed by atoms with van der Waals surface area (Å²) in [6, 6.07) is 6.51. The van der Waals surface area contributed by atoms with Crippen molar-refractivity contribution >= 4 is 0 Å². The van der Waals surface area contributed by atoms with Gasteiger partial charge in [0.2, 0.25) is 0 Å². The van der Waals surface area contributed by atoms with Crippen molar-refractivity contribution in [2.24, 2.45) is 0 Å². The molecule has 0 saturated heterocycles. The minimum absolute atomic E-state index is 0.571. The van der Waals surface area contributed by atoms with E-state index in [1.807, 2.05) is 18.2 Å². The van der Waals surface area contributed by atoms with Crippen molar-refractivity contribution in [2.45, 2.75) is 39.3 Å². The molecule has 3 heteroatoms. The molecule has 0 heterocycles. The number of ether oxygens (including phenoxy) is 2. The van der Waals surface area contributed by atoms with Gasteiger partial charge in [-0.25, -0.2) is 0 Å². The molecule has 96 valence electrons. The van der Waals surface area contributed by atoms with Gasteiger partial charge in [-0.2, -0.15) is 0 Å². The van der Waals surface area contributed by atoms with Gasteiger partial charge in [-0.05, 0) is 18.9 Å². The summed E-state index contributed by atoms with van der Waals surface area (Å²) < 4.78 is 10.5. The third-order valence-electron chi connectivity index (χ3n) is 3.06. The average Bonchev–Trinajstić information content (AvgIpc) is 2.39. The van der Waals surface area contributed by atoms with Crippen LogP contribution in [0.1, 0.15) is 32.3 Å². The van der Waals surface area contributed by atoms with E-state index >= 15 is 0 Å². The highest BCUT2D eigenvalue weighted by Crippen LogP contribution is 2.24. The van der Waals surface area contributed by atoms with E-state index in [0.29, 0.717) is 6.04 Å². The molecule has 0 radical (unpaired) electrons. The molecule has 0 aliphatic rings. The number of nitrogens with one attached hydrogen (secondary N) is 1. The van der Waals surface area contributed by atoms with Gasteiger partial charge in [-0.1, -0.05) is 19.9 Å². The fourth-order valence-corrected chi connectivity index (χ4v) is 1.83. The van der Waals surface area contributed by atoms with Crippen molar-refractivity contribution in [2.75, 3.05) is 14.2 Å². The third-order valence-corrected chi connectivity index (χ3v) is 3.06. The maximum Gasteiger partial charge on any atom is 0.127 e. The van der Waals surface area contributed by atoms with Crippen molar-refractivity contribution < 1.29 is 9.47 Å². The van der Waals surface area contributed by atoms with Crippen LogP contribution in [0.25, 0.3) is 0 Å². The van der Waals surface area contributed by atoms with Crippen molar-refractivity contribution in [1.82, 2.24) is 5.32 Å². The van der Waals surface area contributed by atoms with Crippen LogP contribution in [-0.4, -0.2) is 20.3 Å². The monoisotopic (exact) mass is 237 g/mol. The Hall–Kier alpha value is -1.22. The lowest BCUT2D eigenvalue weighted by Gasteiger charge is -2.16. The van der Waals surface area contributed by atoms with Crippen LogP contribution in [0.5, 0.6) is 11.5 Å². The molecule has 1 aromatic rings. The highest BCUT2D eigenvalue weighted by atomic mass is 16.5. The van der Waals surface area contributed by atoms with Gasteiger partial charge < -0.3 is 14.8 Å². The van der Waals surface area contributed by atoms with Gasteiger partial charge in [0.1, 0.15) is 11.5 Å². The zero-order valence-corrected chi connectivity index (χ0v) is 11.2. The van der Waals surface area contributed by atoms with E-state index in [1.165, 1.54) is 5.56 Å². The van der Waals surface area contributed by atoms with E-state index < -0.39 is 0 Å². The number of hydrogen-bond acceptors (Lipinski definition) is 3. The van der Waals surface area contributed by atoms with E-state index in [4.69, 9.17) is 9.47 Å². The Morgan fingerprint density at radius 1 is 1.12 bits per heavy atom. The van der Waals surface area contributed by atoms with Crippen molar-refractivity contribution in [3.05, 3.63) is 23.8 Å². The quantitative estimate of drug-likeness (QED) is 0.791. The Bertz CT molecular complexity index is 335. The molecule has 0 spiro atoms. The molecular weight excluding hydrogens is 214 g/mol. The van der Waals surface area contributed by atoms with Crippen LogP contribution in [0.3, 0.4) is 0 Å². The number of methoxy groups -OCH3 is 2. The van der Waals surface area contributed by atoms with Crippen LogP contribution < -0.4 is 14.8 Å². The summed E-state index contributed by atoms with van der Waals surface area (Å²) in [5.41, 5.74) is 1.17. The van der Waals surface area contributed by atoms with Gasteiger partial charge in [0, 0.05) is 24.2 Å². The number of benzene rings is 1. The van der Waals surface area contributed by atoms with Gasteiger partial charge in [-0.3, -0.25) is 0 Å². The van der Waals surface area contributed by atoms with Gasteiger partial charge in [-0.15, -0.1) is 0 Å². The first-order chi connectivity index (χ1) is 8.24. The molecule has 17 heavy (non-hydrogen) atoms. The van der Waals surface area contributed by atoms with Crippen LogP contribution in [0.15, 0.2) is 18.2 Å². The van der Waals surface area contributed by atoms with Crippen LogP contribution >= 0.6 is 0 Å². The third kappa shape index (κ3) is 3.93. The summed E-state index contributed by atoms with van der Waals surface area (Å²) in [5.74, 6) is 1.70. The van der Waals surface area contributed by atoms with Gasteiger partial charge >= 0.3 is 0 Å². The molecule has 0 bridgehead atoms. The zero-order chi connectivity index (χ0) is 12.7. The fraction of sp³-hybridized carbons (Fsp3) is 0.571. The molecule has 1 N–H and O–H groups in total. The fourth-order valence-electron chi connectivity index (χ4n) is 1.83. The minimum atomic E-state index is 0.571. The van der Waals surface area contributed by atoms with Crippen molar-refractivity contribution in [3.63, 3.8) is 0 Å². The smallest absolute Gasteiger partial charge is 0.127 e. The molecule has 0 aliphatic heterocycles. The molecular formula is C14H23NO2. The van der Waals surface area contributed by atoms with Crippen molar-refractivity contribution in [3.8, 4) is 11.5 Å². The molecule has 0 aromatic heterocycles. The molecule has 0 unspecified atom stereocenters. The molecule has 0 amide bonds. The Balaban J connectivity index is 2.70. The van der Waals surface area contributed by atoms with Crippen LogP contribution in [-0.2, 0) is 6.54 Å². The average molecular weight is 237 g/mol. The number of rotatable bonds is 7. The summed E-state index contributed by atoms with van der Waals surface area (Å²) in [6.07, 6.45) is 2.30. The van der Waals surface area contributed by atoms with E-state index in [1.54, 1.807) is 14.2 Å². The normalized spacial score (nSPS) is 10.6. The summed E-state index contributed by atoms with van der Waals surface area (Å²) in [5, 5.41) is 3.53. The second-order valence-electron chi connectivity index (χ2n) is 4.07. The maximum atomic E-state index is 5.37. The molecule has 0 fully saturated rings. The number of hydrogen-bond donors (Lipinski definition) is 1. The van der Waals surface area contributed by atoms with Gasteiger partial charge in [0.05, 0.1) is 14.2 Å². The predicted octanol–water partition coefficient (Wildman–Crippen LogP) is 2.98. The predicted molar refractivity (Wildman–Crippen MR) is 70.8 cm³/mol. The van der Waals surface area contributed by atoms with E-state index in [0.717, 1.165) is 30.9 Å². The summed E-state index contributed by atoms with van der Waals surface area (Å²) in [7, 11) is 3.35. The topological polar surface area (TPSA) is 30.5 Å². The maximum absolute atomic E-state index is 5.37. The lowest BCUT2D eigenvalue weighted by atomic mass is 10.1. The van der Waals surface area contributed by atoms with E-state index in [2.05, 4.69) is 19.2 Å². The largest absolute Gasteiger partial charge is 0.497 e. The first kappa shape index (κ1) is 13.8. The highest BCUT2D eigenvalue weighted by molar-refractivity contribution is 5.40. The second-order valence-corrected chi connectivity index (χ2v) is 4.07. The Labute approximate surface area is 104 Å². The molecule has 3 nitrogen and oxygen atoms in total. The van der Waals surface area contributed by atoms with E-state index in [9.17, 15) is 0 Å². The summed E-state index contributed by atoms with van der Waals surface area (Å²) in [4.78, 5) is 0. The summed E-state index contributed by atoms with van der Waals surface area (Å²) in [6.45, 7) is 5.23.